The molecular formula is C13H17BrO3. The Hall–Kier alpha value is -0.420. The average molecular weight is 301 g/mol. The van der Waals surface area contributed by atoms with Gasteiger partial charge in [0.15, 0.2) is 6.29 Å². The molecule has 0 aromatic heterocycles. The highest BCUT2D eigenvalue weighted by molar-refractivity contribution is 9.10. The predicted octanol–water partition coefficient (Wildman–Crippen LogP) is 3.58. The number of benzene rings is 1. The van der Waals surface area contributed by atoms with Gasteiger partial charge < -0.3 is 4.74 Å². The number of ether oxygens (including phenoxy) is 1. The molecule has 0 saturated heterocycles. The molecule has 1 aromatic rings. The average Bonchev–Trinajstić information content (AvgIpc) is 3.15. The van der Waals surface area contributed by atoms with E-state index in [4.69, 9.17) is 9.99 Å². The van der Waals surface area contributed by atoms with Gasteiger partial charge in [0, 0.05) is 17.0 Å². The van der Waals surface area contributed by atoms with E-state index < -0.39 is 6.29 Å². The molecule has 2 atom stereocenters. The van der Waals surface area contributed by atoms with Gasteiger partial charge in [-0.15, -0.1) is 0 Å². The van der Waals surface area contributed by atoms with Crippen LogP contribution in [0.25, 0.3) is 0 Å². The van der Waals surface area contributed by atoms with Crippen molar-refractivity contribution in [1.29, 1.82) is 0 Å². The Morgan fingerprint density at radius 3 is 2.35 bits per heavy atom. The van der Waals surface area contributed by atoms with E-state index >= 15 is 0 Å². The topological polar surface area (TPSA) is 38.7 Å². The molecule has 2 rings (SSSR count). The number of hydrogen-bond acceptors (Lipinski definition) is 3. The maximum atomic E-state index is 9.02. The van der Waals surface area contributed by atoms with Gasteiger partial charge in [0.2, 0.25) is 0 Å². The fourth-order valence-corrected chi connectivity index (χ4v) is 2.72. The zero-order chi connectivity index (χ0) is 12.5. The van der Waals surface area contributed by atoms with Crippen LogP contribution in [0.2, 0.25) is 0 Å². The Labute approximate surface area is 110 Å². The van der Waals surface area contributed by atoms with E-state index in [0.717, 1.165) is 22.9 Å². The van der Waals surface area contributed by atoms with E-state index in [1.165, 1.54) is 0 Å². The van der Waals surface area contributed by atoms with E-state index in [2.05, 4.69) is 27.7 Å². The van der Waals surface area contributed by atoms with E-state index in [0.29, 0.717) is 5.92 Å². The largest absolute Gasteiger partial charge is 0.352 e. The standard InChI is InChI=1S/C13H17BrO3/c1-13(9-3-4-9,12(16-2)17-15)10-5-7-11(14)8-6-10/h5-9,12,15H,3-4H2,1-2H3. The Balaban J connectivity index is 2.36. The molecule has 1 aliphatic rings. The Morgan fingerprint density at radius 1 is 1.35 bits per heavy atom. The molecule has 0 heterocycles. The molecule has 0 radical (unpaired) electrons. The van der Waals surface area contributed by atoms with Crippen LogP contribution in [0.3, 0.4) is 0 Å². The van der Waals surface area contributed by atoms with Crippen LogP contribution < -0.4 is 0 Å². The normalized spacial score (nSPS) is 20.9. The van der Waals surface area contributed by atoms with Gasteiger partial charge in [0.25, 0.3) is 0 Å². The first-order chi connectivity index (χ1) is 8.12. The summed E-state index contributed by atoms with van der Waals surface area (Å²) in [5.41, 5.74) is 0.827. The molecule has 1 saturated carbocycles. The zero-order valence-corrected chi connectivity index (χ0v) is 11.6. The Bertz CT molecular complexity index is 371. The van der Waals surface area contributed by atoms with Crippen molar-refractivity contribution < 1.29 is 14.9 Å². The Kier molecular flexibility index (Phi) is 3.88. The van der Waals surface area contributed by atoms with Crippen molar-refractivity contribution in [2.24, 2.45) is 5.92 Å². The zero-order valence-electron chi connectivity index (χ0n) is 10.0. The van der Waals surface area contributed by atoms with Gasteiger partial charge in [-0.25, -0.2) is 10.1 Å². The second kappa shape index (κ2) is 5.06. The number of methoxy groups -OCH3 is 1. The van der Waals surface area contributed by atoms with Crippen molar-refractivity contribution in [2.75, 3.05) is 7.11 Å². The van der Waals surface area contributed by atoms with Crippen LogP contribution >= 0.6 is 15.9 Å². The van der Waals surface area contributed by atoms with Crippen molar-refractivity contribution >= 4 is 15.9 Å². The van der Waals surface area contributed by atoms with Gasteiger partial charge >= 0.3 is 0 Å². The fourth-order valence-electron chi connectivity index (χ4n) is 2.45. The number of halogens is 1. The van der Waals surface area contributed by atoms with Crippen LogP contribution in [0.1, 0.15) is 25.3 Å². The first-order valence-electron chi connectivity index (χ1n) is 5.72. The van der Waals surface area contributed by atoms with E-state index in [-0.39, 0.29) is 5.41 Å². The predicted molar refractivity (Wildman–Crippen MR) is 68.7 cm³/mol. The van der Waals surface area contributed by atoms with Crippen molar-refractivity contribution in [2.45, 2.75) is 31.5 Å². The van der Waals surface area contributed by atoms with E-state index in [1.807, 2.05) is 24.3 Å². The second-order valence-corrected chi connectivity index (χ2v) is 5.65. The molecule has 94 valence electrons. The number of rotatable bonds is 5. The van der Waals surface area contributed by atoms with Crippen LogP contribution in [0.15, 0.2) is 28.7 Å². The van der Waals surface area contributed by atoms with Crippen molar-refractivity contribution in [3.05, 3.63) is 34.3 Å². The van der Waals surface area contributed by atoms with Crippen LogP contribution in [-0.4, -0.2) is 18.7 Å². The summed E-state index contributed by atoms with van der Waals surface area (Å²) in [6, 6.07) is 8.10. The summed E-state index contributed by atoms with van der Waals surface area (Å²) in [5, 5.41) is 9.02. The quantitative estimate of drug-likeness (QED) is 0.513. The minimum Gasteiger partial charge on any atom is -0.352 e. The van der Waals surface area contributed by atoms with Crippen molar-refractivity contribution in [3.63, 3.8) is 0 Å². The maximum Gasteiger partial charge on any atom is 0.200 e. The molecule has 1 aromatic carbocycles. The minimum atomic E-state index is -0.629. The first-order valence-corrected chi connectivity index (χ1v) is 6.51. The minimum absolute atomic E-state index is 0.301. The summed E-state index contributed by atoms with van der Waals surface area (Å²) in [6.45, 7) is 2.08. The highest BCUT2D eigenvalue weighted by atomic mass is 79.9. The molecule has 3 nitrogen and oxygen atoms in total. The molecule has 1 aliphatic carbocycles. The van der Waals surface area contributed by atoms with Gasteiger partial charge in [-0.2, -0.15) is 0 Å². The van der Waals surface area contributed by atoms with Gasteiger partial charge in [0.1, 0.15) is 0 Å². The van der Waals surface area contributed by atoms with E-state index in [1.54, 1.807) is 7.11 Å². The molecule has 1 fully saturated rings. The van der Waals surface area contributed by atoms with Gasteiger partial charge in [0.05, 0.1) is 0 Å². The van der Waals surface area contributed by atoms with Crippen molar-refractivity contribution in [1.82, 2.24) is 0 Å². The molecule has 0 bridgehead atoms. The molecule has 2 unspecified atom stereocenters. The summed E-state index contributed by atoms with van der Waals surface area (Å²) in [4.78, 5) is 4.52. The van der Waals surface area contributed by atoms with Gasteiger partial charge in [-0.05, 0) is 36.5 Å². The van der Waals surface area contributed by atoms with E-state index in [9.17, 15) is 0 Å². The maximum absolute atomic E-state index is 9.02. The Morgan fingerprint density at radius 2 is 1.94 bits per heavy atom. The molecular weight excluding hydrogens is 284 g/mol. The lowest BCUT2D eigenvalue weighted by Crippen LogP contribution is -2.41. The lowest BCUT2D eigenvalue weighted by molar-refractivity contribution is -0.360. The first kappa shape index (κ1) is 13.0. The third-order valence-corrected chi connectivity index (χ3v) is 4.22. The monoisotopic (exact) mass is 300 g/mol. The fraction of sp³-hybridized carbons (Fsp3) is 0.538. The molecule has 0 amide bonds. The lowest BCUT2D eigenvalue weighted by Gasteiger charge is -2.35. The van der Waals surface area contributed by atoms with Crippen LogP contribution in [0.4, 0.5) is 0 Å². The number of hydrogen-bond donors (Lipinski definition) is 1. The lowest BCUT2D eigenvalue weighted by atomic mass is 9.77. The van der Waals surface area contributed by atoms with Crippen LogP contribution in [-0.2, 0) is 15.0 Å². The molecule has 0 spiro atoms. The molecule has 17 heavy (non-hydrogen) atoms. The molecule has 1 N–H and O–H groups in total. The summed E-state index contributed by atoms with van der Waals surface area (Å²) in [5.74, 6) is 0.501. The SMILES string of the molecule is COC(OO)C(C)(c1ccc(Br)cc1)C1CC1. The van der Waals surface area contributed by atoms with Crippen molar-refractivity contribution in [3.8, 4) is 0 Å². The third kappa shape index (κ3) is 2.40. The van der Waals surface area contributed by atoms with Crippen LogP contribution in [0.5, 0.6) is 0 Å². The highest BCUT2D eigenvalue weighted by Crippen LogP contribution is 2.50. The van der Waals surface area contributed by atoms with Crippen LogP contribution in [0, 0.1) is 5.92 Å². The summed E-state index contributed by atoms with van der Waals surface area (Å²) in [6.07, 6.45) is 1.67. The smallest absolute Gasteiger partial charge is 0.200 e. The summed E-state index contributed by atoms with van der Waals surface area (Å²) < 4.78 is 6.31. The van der Waals surface area contributed by atoms with Gasteiger partial charge in [-0.1, -0.05) is 35.0 Å². The van der Waals surface area contributed by atoms with Gasteiger partial charge in [-0.3, -0.25) is 0 Å². The summed E-state index contributed by atoms with van der Waals surface area (Å²) >= 11 is 3.42. The second-order valence-electron chi connectivity index (χ2n) is 4.74. The molecule has 4 heteroatoms. The summed E-state index contributed by atoms with van der Waals surface area (Å²) in [7, 11) is 1.56. The molecule has 0 aliphatic heterocycles. The highest BCUT2D eigenvalue weighted by Gasteiger charge is 2.49. The third-order valence-electron chi connectivity index (χ3n) is 3.69.